The summed E-state index contributed by atoms with van der Waals surface area (Å²) in [6.45, 7) is 7.20. The van der Waals surface area contributed by atoms with Crippen molar-refractivity contribution in [3.8, 4) is 5.75 Å². The molecule has 0 bridgehead atoms. The zero-order valence-electron chi connectivity index (χ0n) is 25.1. The molecule has 41 heavy (non-hydrogen) atoms. The summed E-state index contributed by atoms with van der Waals surface area (Å²) >= 11 is 0. The average Bonchev–Trinajstić information content (AvgIpc) is 3.51. The van der Waals surface area contributed by atoms with Gasteiger partial charge in [-0.3, -0.25) is 14.5 Å². The predicted molar refractivity (Wildman–Crippen MR) is 161 cm³/mol. The maximum Gasteiger partial charge on any atom is 0.308 e. The van der Waals surface area contributed by atoms with E-state index in [0.717, 1.165) is 81.3 Å². The third kappa shape index (κ3) is 8.46. The van der Waals surface area contributed by atoms with Crippen LogP contribution in [-0.4, -0.2) is 85.5 Å². The smallest absolute Gasteiger partial charge is 0.308 e. The fourth-order valence-corrected chi connectivity index (χ4v) is 8.55. The lowest BCUT2D eigenvalue weighted by atomic mass is 9.82. The topological polar surface area (TPSA) is 104 Å². The molecule has 3 aliphatic heterocycles. The number of unbranched alkanes of at least 4 members (excludes halogenated alkanes) is 2. The molecule has 230 valence electrons. The Morgan fingerprint density at radius 3 is 2.51 bits per heavy atom. The number of amides is 1. The van der Waals surface area contributed by atoms with E-state index in [1.807, 2.05) is 17.0 Å². The van der Waals surface area contributed by atoms with Crippen molar-refractivity contribution in [2.75, 3.05) is 44.3 Å². The number of carboxylic acid groups (broad SMARTS) is 1. The molecule has 1 aromatic rings. The maximum absolute atomic E-state index is 13.6. The molecule has 0 aliphatic carbocycles. The number of carbonyl (C=O) groups excluding carboxylic acids is 1. The molecule has 1 unspecified atom stereocenters. The normalized spacial score (nSPS) is 25.8. The molecule has 9 heteroatoms. The number of sulfone groups is 1. The van der Waals surface area contributed by atoms with Gasteiger partial charge in [-0.1, -0.05) is 51.7 Å². The Labute approximate surface area is 246 Å². The highest BCUT2D eigenvalue weighted by molar-refractivity contribution is 7.91. The molecule has 2 saturated heterocycles. The molecule has 1 aromatic carbocycles. The number of ether oxygens (including phenoxy) is 1. The van der Waals surface area contributed by atoms with Gasteiger partial charge in [-0.05, 0) is 61.6 Å². The molecule has 1 N–H and O–H groups in total. The summed E-state index contributed by atoms with van der Waals surface area (Å²) in [5.74, 6) is 0.279. The molecule has 4 rings (SSSR count). The maximum atomic E-state index is 13.6. The Bertz CT molecular complexity index is 1130. The van der Waals surface area contributed by atoms with Crippen LogP contribution >= 0.6 is 0 Å². The second-order valence-corrected chi connectivity index (χ2v) is 14.7. The average molecular weight is 591 g/mol. The molecule has 0 saturated carbocycles. The highest BCUT2D eigenvalue weighted by Crippen LogP contribution is 2.42. The number of fused-ring (bicyclic) bond motifs is 1. The van der Waals surface area contributed by atoms with Gasteiger partial charge < -0.3 is 14.7 Å². The van der Waals surface area contributed by atoms with Crippen LogP contribution in [0.3, 0.4) is 0 Å². The van der Waals surface area contributed by atoms with E-state index >= 15 is 0 Å². The van der Waals surface area contributed by atoms with E-state index in [1.165, 1.54) is 0 Å². The van der Waals surface area contributed by atoms with Crippen LogP contribution in [0.1, 0.15) is 95.1 Å². The van der Waals surface area contributed by atoms with E-state index < -0.39 is 21.7 Å². The standard InChI is InChI=1S/C32H50N2O6S/c1-3-5-16-33(17-6-4-2)30(35)23-34-22-27(25-12-13-29-26(21-25)14-18-40-29)31(32(36)37)28(34)11-7-9-24-10-8-19-41(38,39)20-15-24/h12-13,21,24,27-28,31H,3-11,14-20,22-23H2,1-2H3,(H,36,37)/t24?,27-,28+,31-/m1/s1. The largest absolute Gasteiger partial charge is 0.493 e. The number of hydrogen-bond acceptors (Lipinski definition) is 6. The summed E-state index contributed by atoms with van der Waals surface area (Å²) in [5, 5.41) is 10.5. The molecule has 0 aromatic heterocycles. The SMILES string of the molecule is CCCCN(CCCC)C(=O)CN1C[C@H](c2ccc3c(c2)CCO3)[C@@H](C(=O)O)[C@@H]1CCCC1CCCS(=O)(=O)CC1. The Kier molecular flexibility index (Phi) is 11.5. The summed E-state index contributed by atoms with van der Waals surface area (Å²) in [7, 11) is -2.94. The Hall–Kier alpha value is -2.13. The van der Waals surface area contributed by atoms with Crippen LogP contribution in [0.2, 0.25) is 0 Å². The summed E-state index contributed by atoms with van der Waals surface area (Å²) in [6, 6.07) is 5.86. The number of nitrogens with zero attached hydrogens (tertiary/aromatic N) is 2. The van der Waals surface area contributed by atoms with Gasteiger partial charge in [-0.2, -0.15) is 0 Å². The summed E-state index contributed by atoms with van der Waals surface area (Å²) in [4.78, 5) is 30.6. The van der Waals surface area contributed by atoms with Crippen LogP contribution in [-0.2, 0) is 25.8 Å². The lowest BCUT2D eigenvalue weighted by Crippen LogP contribution is -2.44. The number of carbonyl (C=O) groups is 2. The first-order valence-corrected chi connectivity index (χ1v) is 17.7. The van der Waals surface area contributed by atoms with E-state index in [-0.39, 0.29) is 35.9 Å². The molecule has 0 radical (unpaired) electrons. The molecular weight excluding hydrogens is 540 g/mol. The van der Waals surface area contributed by atoms with Crippen molar-refractivity contribution in [2.45, 2.75) is 96.4 Å². The lowest BCUT2D eigenvalue weighted by molar-refractivity contribution is -0.144. The minimum absolute atomic E-state index is 0.0954. The van der Waals surface area contributed by atoms with E-state index in [0.29, 0.717) is 38.3 Å². The monoisotopic (exact) mass is 590 g/mol. The Balaban J connectivity index is 1.52. The van der Waals surface area contributed by atoms with Crippen molar-refractivity contribution in [2.24, 2.45) is 11.8 Å². The molecule has 0 spiro atoms. The van der Waals surface area contributed by atoms with Gasteiger partial charge in [0.05, 0.1) is 30.6 Å². The first-order valence-electron chi connectivity index (χ1n) is 15.9. The number of hydrogen-bond donors (Lipinski definition) is 1. The van der Waals surface area contributed by atoms with Gasteiger partial charge >= 0.3 is 5.97 Å². The minimum Gasteiger partial charge on any atom is -0.493 e. The van der Waals surface area contributed by atoms with Crippen molar-refractivity contribution < 1.29 is 27.9 Å². The molecule has 8 nitrogen and oxygen atoms in total. The van der Waals surface area contributed by atoms with Gasteiger partial charge in [-0.25, -0.2) is 8.42 Å². The molecule has 2 fully saturated rings. The van der Waals surface area contributed by atoms with Crippen LogP contribution in [0.5, 0.6) is 5.75 Å². The molecule has 4 atom stereocenters. The quantitative estimate of drug-likeness (QED) is 0.329. The second-order valence-electron chi connectivity index (χ2n) is 12.4. The van der Waals surface area contributed by atoms with Gasteiger partial charge in [0.15, 0.2) is 0 Å². The molecule has 3 aliphatic rings. The van der Waals surface area contributed by atoms with E-state index in [1.54, 1.807) is 0 Å². The van der Waals surface area contributed by atoms with Crippen LogP contribution in [0.4, 0.5) is 0 Å². The highest BCUT2D eigenvalue weighted by Gasteiger charge is 2.47. The first kappa shape index (κ1) is 31.8. The van der Waals surface area contributed by atoms with Gasteiger partial charge in [0.2, 0.25) is 5.91 Å². The summed E-state index contributed by atoms with van der Waals surface area (Å²) < 4.78 is 29.8. The van der Waals surface area contributed by atoms with Gasteiger partial charge in [-0.15, -0.1) is 0 Å². The van der Waals surface area contributed by atoms with Crippen molar-refractivity contribution in [3.05, 3.63) is 29.3 Å². The van der Waals surface area contributed by atoms with Crippen LogP contribution in [0, 0.1) is 11.8 Å². The lowest BCUT2D eigenvalue weighted by Gasteiger charge is -2.30. The predicted octanol–water partition coefficient (Wildman–Crippen LogP) is 4.90. The third-order valence-corrected chi connectivity index (χ3v) is 11.2. The Morgan fingerprint density at radius 1 is 1.05 bits per heavy atom. The fraction of sp³-hybridized carbons (Fsp3) is 0.750. The van der Waals surface area contributed by atoms with Crippen LogP contribution < -0.4 is 4.74 Å². The number of aliphatic carboxylic acids is 1. The summed E-state index contributed by atoms with van der Waals surface area (Å²) in [6.07, 6.45) is 9.57. The highest BCUT2D eigenvalue weighted by atomic mass is 32.2. The summed E-state index contributed by atoms with van der Waals surface area (Å²) in [5.41, 5.74) is 2.15. The first-order chi connectivity index (χ1) is 19.7. The van der Waals surface area contributed by atoms with E-state index in [2.05, 4.69) is 24.8 Å². The van der Waals surface area contributed by atoms with Gasteiger partial charge in [0.25, 0.3) is 0 Å². The van der Waals surface area contributed by atoms with Gasteiger partial charge in [0.1, 0.15) is 15.6 Å². The number of rotatable bonds is 14. The molecule has 1 amide bonds. The van der Waals surface area contributed by atoms with E-state index in [9.17, 15) is 23.1 Å². The fourth-order valence-electron chi connectivity index (χ4n) is 7.05. The molecular formula is C32H50N2O6S. The minimum atomic E-state index is -2.94. The van der Waals surface area contributed by atoms with Crippen molar-refractivity contribution >= 4 is 21.7 Å². The number of benzene rings is 1. The van der Waals surface area contributed by atoms with Crippen LogP contribution in [0.25, 0.3) is 0 Å². The number of carboxylic acids is 1. The number of likely N-dealkylation sites (tertiary alicyclic amines) is 1. The van der Waals surface area contributed by atoms with Crippen molar-refractivity contribution in [1.82, 2.24) is 9.80 Å². The zero-order chi connectivity index (χ0) is 29.4. The van der Waals surface area contributed by atoms with Crippen LogP contribution in [0.15, 0.2) is 18.2 Å². The zero-order valence-corrected chi connectivity index (χ0v) is 25.9. The third-order valence-electron chi connectivity index (χ3n) is 9.45. The Morgan fingerprint density at radius 2 is 1.80 bits per heavy atom. The van der Waals surface area contributed by atoms with E-state index in [4.69, 9.17) is 4.74 Å². The molecule has 3 heterocycles. The van der Waals surface area contributed by atoms with Crippen molar-refractivity contribution in [1.29, 1.82) is 0 Å². The second kappa shape index (κ2) is 14.9. The van der Waals surface area contributed by atoms with Crippen molar-refractivity contribution in [3.63, 3.8) is 0 Å². The van der Waals surface area contributed by atoms with Gasteiger partial charge in [0, 0.05) is 38.0 Å².